The number of pyridine rings is 1. The molecule has 0 atom stereocenters. The number of methoxy groups -OCH3 is 2. The van der Waals surface area contributed by atoms with Gasteiger partial charge in [0.1, 0.15) is 11.5 Å². The van der Waals surface area contributed by atoms with Crippen LogP contribution >= 0.6 is 0 Å². The monoisotopic (exact) mass is 654 g/mol. The molecule has 4 rings (SSSR count). The summed E-state index contributed by atoms with van der Waals surface area (Å²) in [7, 11) is 1.68. The maximum atomic E-state index is 9.44. The van der Waals surface area contributed by atoms with Crippen LogP contribution in [0.25, 0.3) is 21.9 Å². The first kappa shape index (κ1) is 34.9. The fourth-order valence-corrected chi connectivity index (χ4v) is 3.53. The molecule has 0 saturated heterocycles. The van der Waals surface area contributed by atoms with Gasteiger partial charge in [0, 0.05) is 58.7 Å². The quantitative estimate of drug-likeness (QED) is 0.223. The van der Waals surface area contributed by atoms with E-state index in [1.54, 1.807) is 26.5 Å². The summed E-state index contributed by atoms with van der Waals surface area (Å²) in [6, 6.07) is 13.3. The molecule has 4 aromatic rings. The minimum Gasteiger partial charge on any atom is -0.550 e. The van der Waals surface area contributed by atoms with Gasteiger partial charge in [0.2, 0.25) is 0 Å². The Balaban J connectivity index is 0.000000830. The minimum absolute atomic E-state index is 0. The Morgan fingerprint density at radius 1 is 0.902 bits per heavy atom. The van der Waals surface area contributed by atoms with Crippen molar-refractivity contribution >= 4 is 41.1 Å². The largest absolute Gasteiger partial charge is 2.00 e. The SMILES string of the molecule is CC(=O)[O-].CC(=O)[O-].COc1ccc(CNc2nnc(C)c3cc(-c4cncc(B(O)O)c4)ccc23)c(OC)c1.[Pd+2]. The van der Waals surface area contributed by atoms with E-state index in [1.165, 1.54) is 6.20 Å². The minimum atomic E-state index is -1.57. The van der Waals surface area contributed by atoms with Crippen molar-refractivity contribution in [3.8, 4) is 22.6 Å². The first-order valence-electron chi connectivity index (χ1n) is 11.8. The van der Waals surface area contributed by atoms with E-state index in [1.807, 2.05) is 43.3 Å². The summed E-state index contributed by atoms with van der Waals surface area (Å²) in [6.07, 6.45) is 3.12. The Labute approximate surface area is 251 Å². The summed E-state index contributed by atoms with van der Waals surface area (Å²) >= 11 is 0. The van der Waals surface area contributed by atoms with Crippen LogP contribution in [0.5, 0.6) is 11.5 Å². The molecular formula is C27H29BN4O8Pd. The number of carboxylic acid groups (broad SMARTS) is 2. The molecule has 0 spiro atoms. The number of hydrogen-bond acceptors (Lipinski definition) is 12. The number of rotatable bonds is 7. The number of nitrogens with one attached hydrogen (secondary N) is 1. The number of carbonyl (C=O) groups is 2. The average Bonchev–Trinajstić information content (AvgIpc) is 2.92. The number of fused-ring (bicyclic) bond motifs is 1. The Morgan fingerprint density at radius 3 is 2.15 bits per heavy atom. The molecular weight excluding hydrogens is 626 g/mol. The Morgan fingerprint density at radius 2 is 1.56 bits per heavy atom. The zero-order chi connectivity index (χ0) is 29.8. The van der Waals surface area contributed by atoms with Crippen molar-refractivity contribution in [3.05, 3.63) is 66.1 Å². The van der Waals surface area contributed by atoms with Crippen molar-refractivity contribution in [2.24, 2.45) is 0 Å². The topological polar surface area (TPSA) is 190 Å². The predicted molar refractivity (Wildman–Crippen MR) is 146 cm³/mol. The van der Waals surface area contributed by atoms with Gasteiger partial charge in [-0.15, -0.1) is 5.10 Å². The molecule has 0 unspecified atom stereocenters. The summed E-state index contributed by atoms with van der Waals surface area (Å²) in [6.45, 7) is 4.35. The van der Waals surface area contributed by atoms with Crippen LogP contribution in [0.2, 0.25) is 0 Å². The summed E-state index contributed by atoms with van der Waals surface area (Å²) < 4.78 is 10.7. The molecule has 0 saturated carbocycles. The third-order valence-electron chi connectivity index (χ3n) is 5.30. The summed E-state index contributed by atoms with van der Waals surface area (Å²) in [5.41, 5.74) is 3.77. The molecule has 0 radical (unpaired) electrons. The van der Waals surface area contributed by atoms with E-state index in [2.05, 4.69) is 20.5 Å². The van der Waals surface area contributed by atoms with Crippen LogP contribution in [0.1, 0.15) is 25.1 Å². The number of hydrogen-bond donors (Lipinski definition) is 3. The van der Waals surface area contributed by atoms with Gasteiger partial charge in [-0.1, -0.05) is 12.1 Å². The van der Waals surface area contributed by atoms with Gasteiger partial charge in [0.25, 0.3) is 0 Å². The van der Waals surface area contributed by atoms with Crippen molar-refractivity contribution in [1.82, 2.24) is 15.2 Å². The molecule has 0 fully saturated rings. The molecule has 0 aliphatic heterocycles. The maximum absolute atomic E-state index is 9.44. The molecule has 2 aromatic heterocycles. The zero-order valence-corrected chi connectivity index (χ0v) is 24.5. The van der Waals surface area contributed by atoms with E-state index in [4.69, 9.17) is 29.3 Å². The molecule has 0 amide bonds. The van der Waals surface area contributed by atoms with Gasteiger partial charge in [-0.3, -0.25) is 4.98 Å². The molecule has 0 aliphatic rings. The van der Waals surface area contributed by atoms with E-state index in [9.17, 15) is 10.0 Å². The van der Waals surface area contributed by atoms with E-state index in [-0.39, 0.29) is 20.4 Å². The number of aliphatic carboxylic acids is 2. The Kier molecular flexibility index (Phi) is 14.4. The van der Waals surface area contributed by atoms with Gasteiger partial charge in [-0.25, -0.2) is 0 Å². The normalized spacial score (nSPS) is 9.63. The second-order valence-electron chi connectivity index (χ2n) is 8.29. The first-order valence-corrected chi connectivity index (χ1v) is 11.8. The third-order valence-corrected chi connectivity index (χ3v) is 5.30. The van der Waals surface area contributed by atoms with Crippen molar-refractivity contribution < 1.29 is 59.7 Å². The van der Waals surface area contributed by atoms with Crippen molar-refractivity contribution in [2.45, 2.75) is 27.3 Å². The van der Waals surface area contributed by atoms with Crippen LogP contribution in [0.3, 0.4) is 0 Å². The first-order chi connectivity index (χ1) is 19.0. The van der Waals surface area contributed by atoms with Gasteiger partial charge in [-0.2, -0.15) is 5.10 Å². The van der Waals surface area contributed by atoms with E-state index in [0.717, 1.165) is 58.5 Å². The van der Waals surface area contributed by atoms with E-state index >= 15 is 0 Å². The molecule has 12 nitrogen and oxygen atoms in total. The van der Waals surface area contributed by atoms with Gasteiger partial charge < -0.3 is 44.6 Å². The average molecular weight is 655 g/mol. The molecule has 3 N–H and O–H groups in total. The number of carboxylic acids is 2. The molecule has 0 bridgehead atoms. The second-order valence-corrected chi connectivity index (χ2v) is 8.29. The fourth-order valence-electron chi connectivity index (χ4n) is 3.53. The Hall–Kier alpha value is -4.08. The van der Waals surface area contributed by atoms with Crippen LogP contribution in [0.15, 0.2) is 54.9 Å². The van der Waals surface area contributed by atoms with Crippen molar-refractivity contribution in [3.63, 3.8) is 0 Å². The van der Waals surface area contributed by atoms with Gasteiger partial charge in [0.05, 0.1) is 19.9 Å². The third kappa shape index (κ3) is 10.8. The molecule has 2 aromatic carbocycles. The summed E-state index contributed by atoms with van der Waals surface area (Å²) in [4.78, 5) is 21.9. The molecule has 218 valence electrons. The van der Waals surface area contributed by atoms with Crippen LogP contribution in [-0.4, -0.2) is 58.5 Å². The second kappa shape index (κ2) is 16.9. The van der Waals surface area contributed by atoms with E-state index < -0.39 is 19.1 Å². The number of anilines is 1. The number of aryl methyl sites for hydroxylation is 1. The predicted octanol–water partition coefficient (Wildman–Crippen LogP) is -0.181. The van der Waals surface area contributed by atoms with Gasteiger partial charge in [0.15, 0.2) is 5.82 Å². The number of carbonyl (C=O) groups excluding carboxylic acids is 2. The number of nitrogens with zero attached hydrogens (tertiary/aromatic N) is 3. The van der Waals surface area contributed by atoms with Crippen molar-refractivity contribution in [1.29, 1.82) is 0 Å². The van der Waals surface area contributed by atoms with Gasteiger partial charge in [-0.05, 0) is 56.2 Å². The van der Waals surface area contributed by atoms with Crippen LogP contribution in [-0.2, 0) is 36.6 Å². The fraction of sp³-hybridized carbons (Fsp3) is 0.222. The number of aromatic nitrogens is 3. The Bertz CT molecular complexity index is 1450. The molecule has 0 aliphatic carbocycles. The van der Waals surface area contributed by atoms with Crippen LogP contribution in [0.4, 0.5) is 5.82 Å². The van der Waals surface area contributed by atoms with Crippen LogP contribution in [0, 0.1) is 6.92 Å². The summed E-state index contributed by atoms with van der Waals surface area (Å²) in [5, 5.41) is 50.5. The smallest absolute Gasteiger partial charge is 0.550 e. The van der Waals surface area contributed by atoms with Crippen molar-refractivity contribution in [2.75, 3.05) is 19.5 Å². The van der Waals surface area contributed by atoms with E-state index in [0.29, 0.717) is 17.8 Å². The maximum Gasteiger partial charge on any atom is 2.00 e. The molecule has 2 heterocycles. The van der Waals surface area contributed by atoms with Gasteiger partial charge >= 0.3 is 27.5 Å². The number of ether oxygens (including phenoxy) is 2. The standard InChI is InChI=1S/C23H23BN4O4.2C2H4O2.Pd/c1-14-21-9-15(17-8-18(24(29)30)13-25-11-17)5-7-20(21)23(28-27-14)26-12-16-4-6-19(31-2)10-22(16)32-3;2*1-2(3)4;/h4-11,13,29-30H,12H2,1-3H3,(H,26,28);2*1H3,(H,3,4);/q;;;+2/p-2. The molecule has 14 heteroatoms. The summed E-state index contributed by atoms with van der Waals surface area (Å²) in [5.74, 6) is -0.0550. The zero-order valence-electron chi connectivity index (χ0n) is 23.0. The van der Waals surface area contributed by atoms with Crippen LogP contribution < -0.4 is 30.5 Å². The number of benzene rings is 2. The molecule has 41 heavy (non-hydrogen) atoms.